The van der Waals surface area contributed by atoms with Gasteiger partial charge in [0.1, 0.15) is 0 Å². The van der Waals surface area contributed by atoms with E-state index < -0.39 is 10.8 Å². The van der Waals surface area contributed by atoms with Crippen LogP contribution in [-0.2, 0) is 10.8 Å². The first kappa shape index (κ1) is 24.4. The Morgan fingerprint density at radius 2 is 1.81 bits per heavy atom. The highest BCUT2D eigenvalue weighted by Gasteiger charge is 2.08. The zero-order chi connectivity index (χ0) is 18.5. The quantitative estimate of drug-likeness (QED) is 0.234. The molecule has 154 valence electrons. The summed E-state index contributed by atoms with van der Waals surface area (Å²) in [6.07, 6.45) is 6.53. The van der Waals surface area contributed by atoms with E-state index in [1.807, 2.05) is 30.3 Å². The molecule has 1 saturated heterocycles. The van der Waals surface area contributed by atoms with Crippen LogP contribution in [0.3, 0.4) is 0 Å². The van der Waals surface area contributed by atoms with E-state index in [0.717, 1.165) is 36.9 Å². The highest BCUT2D eigenvalue weighted by atomic mass is 127. The fourth-order valence-electron chi connectivity index (χ4n) is 3.14. The summed E-state index contributed by atoms with van der Waals surface area (Å²) >= 11 is 0. The molecule has 1 aliphatic heterocycles. The summed E-state index contributed by atoms with van der Waals surface area (Å²) in [5.41, 5.74) is 0. The number of benzene rings is 1. The summed E-state index contributed by atoms with van der Waals surface area (Å²) < 4.78 is 12.3. The summed E-state index contributed by atoms with van der Waals surface area (Å²) in [6, 6.07) is 9.63. The van der Waals surface area contributed by atoms with Gasteiger partial charge < -0.3 is 15.5 Å². The molecule has 0 aliphatic carbocycles. The third kappa shape index (κ3) is 10.4. The van der Waals surface area contributed by atoms with E-state index in [0.29, 0.717) is 12.3 Å². The Hall–Kier alpha value is -0.670. The lowest BCUT2D eigenvalue weighted by molar-refractivity contribution is 0.283. The van der Waals surface area contributed by atoms with Gasteiger partial charge in [-0.25, -0.2) is 0 Å². The van der Waals surface area contributed by atoms with Crippen molar-refractivity contribution in [2.45, 2.75) is 43.9 Å². The molecule has 0 spiro atoms. The Kier molecular flexibility index (Phi) is 13.8. The van der Waals surface area contributed by atoms with Crippen LogP contribution in [-0.4, -0.2) is 60.1 Å². The Bertz CT molecular complexity index is 548. The smallest absolute Gasteiger partial charge is 0.191 e. The minimum atomic E-state index is -0.968. The molecule has 1 aliphatic rings. The molecule has 27 heavy (non-hydrogen) atoms. The molecule has 0 radical (unpaired) electrons. The van der Waals surface area contributed by atoms with Crippen LogP contribution in [0.5, 0.6) is 0 Å². The molecule has 1 heterocycles. The lowest BCUT2D eigenvalue weighted by Gasteiger charge is -2.19. The van der Waals surface area contributed by atoms with E-state index in [-0.39, 0.29) is 24.0 Å². The highest BCUT2D eigenvalue weighted by Crippen LogP contribution is 2.09. The first-order valence-electron chi connectivity index (χ1n) is 9.97. The minimum Gasteiger partial charge on any atom is -0.357 e. The molecular weight excluding hydrogens is 471 g/mol. The second-order valence-corrected chi connectivity index (χ2v) is 8.23. The molecule has 7 heteroatoms. The number of hydrogen-bond acceptors (Lipinski definition) is 3. The van der Waals surface area contributed by atoms with Crippen LogP contribution < -0.4 is 10.6 Å². The highest BCUT2D eigenvalue weighted by molar-refractivity contribution is 14.0. The summed E-state index contributed by atoms with van der Waals surface area (Å²) in [6.45, 7) is 8.00. The Morgan fingerprint density at radius 3 is 2.48 bits per heavy atom. The normalized spacial score (nSPS) is 16.9. The van der Waals surface area contributed by atoms with Crippen molar-refractivity contribution in [2.75, 3.05) is 45.0 Å². The van der Waals surface area contributed by atoms with Crippen LogP contribution in [0.25, 0.3) is 0 Å². The second-order valence-electron chi connectivity index (χ2n) is 6.66. The molecule has 1 atom stereocenters. The average Bonchev–Trinajstić information content (AvgIpc) is 2.94. The van der Waals surface area contributed by atoms with Gasteiger partial charge in [0.15, 0.2) is 5.96 Å². The molecule has 0 saturated carbocycles. The average molecular weight is 506 g/mol. The maximum Gasteiger partial charge on any atom is 0.191 e. The van der Waals surface area contributed by atoms with E-state index in [2.05, 4.69) is 27.4 Å². The van der Waals surface area contributed by atoms with Gasteiger partial charge in [-0.15, -0.1) is 24.0 Å². The minimum absolute atomic E-state index is 0. The van der Waals surface area contributed by atoms with Crippen molar-refractivity contribution >= 4 is 40.7 Å². The van der Waals surface area contributed by atoms with Crippen molar-refractivity contribution in [1.82, 2.24) is 15.5 Å². The van der Waals surface area contributed by atoms with Crippen LogP contribution >= 0.6 is 24.0 Å². The summed E-state index contributed by atoms with van der Waals surface area (Å²) in [4.78, 5) is 8.12. The van der Waals surface area contributed by atoms with Gasteiger partial charge in [-0.3, -0.25) is 9.20 Å². The zero-order valence-corrected chi connectivity index (χ0v) is 19.6. The molecule has 1 aromatic carbocycles. The topological polar surface area (TPSA) is 56.7 Å². The lowest BCUT2D eigenvalue weighted by Crippen LogP contribution is -2.39. The first-order valence-corrected chi connectivity index (χ1v) is 11.3. The van der Waals surface area contributed by atoms with E-state index >= 15 is 0 Å². The number of rotatable bonds is 9. The maximum absolute atomic E-state index is 12.3. The van der Waals surface area contributed by atoms with Crippen LogP contribution in [0.4, 0.5) is 0 Å². The van der Waals surface area contributed by atoms with Crippen molar-refractivity contribution in [3.63, 3.8) is 0 Å². The standard InChI is InChI=1S/C20H34N4OS.HI/c1-2-21-20(22-13-10-17-24-15-8-3-4-9-16-24)23-14-18-26(25)19-11-6-5-7-12-19;/h5-7,11-12H,2-4,8-10,13-18H2,1H3,(H2,21,22,23);1H. The van der Waals surface area contributed by atoms with Crippen molar-refractivity contribution < 1.29 is 4.21 Å². The lowest BCUT2D eigenvalue weighted by atomic mass is 10.2. The van der Waals surface area contributed by atoms with Gasteiger partial charge in [-0.1, -0.05) is 31.0 Å². The van der Waals surface area contributed by atoms with Gasteiger partial charge in [0.2, 0.25) is 0 Å². The molecular formula is C20H35IN4OS. The number of nitrogens with zero attached hydrogens (tertiary/aromatic N) is 2. The summed E-state index contributed by atoms with van der Waals surface area (Å²) in [7, 11) is -0.968. The molecule has 0 aromatic heterocycles. The van der Waals surface area contributed by atoms with Gasteiger partial charge >= 0.3 is 0 Å². The number of likely N-dealkylation sites (tertiary alicyclic amines) is 1. The number of halogens is 1. The fourth-order valence-corrected chi connectivity index (χ4v) is 4.12. The number of hydrogen-bond donors (Lipinski definition) is 2. The van der Waals surface area contributed by atoms with E-state index in [1.54, 1.807) is 0 Å². The van der Waals surface area contributed by atoms with Crippen molar-refractivity contribution in [3.05, 3.63) is 30.3 Å². The Labute approximate surface area is 184 Å². The van der Waals surface area contributed by atoms with Crippen LogP contribution in [0.15, 0.2) is 40.2 Å². The predicted octanol–water partition coefficient (Wildman–Crippen LogP) is 3.23. The SMILES string of the molecule is CCNC(=NCCCN1CCCCCC1)NCCS(=O)c1ccccc1.I. The number of nitrogens with one attached hydrogen (secondary N) is 2. The molecule has 5 nitrogen and oxygen atoms in total. The third-order valence-electron chi connectivity index (χ3n) is 4.53. The Balaban J connectivity index is 0.00000364. The molecule has 2 rings (SSSR count). The number of guanidine groups is 1. The van der Waals surface area contributed by atoms with E-state index in [1.165, 1.54) is 38.8 Å². The van der Waals surface area contributed by atoms with Gasteiger partial charge in [0.05, 0.1) is 10.8 Å². The second kappa shape index (κ2) is 15.3. The maximum atomic E-state index is 12.3. The monoisotopic (exact) mass is 506 g/mol. The molecule has 0 amide bonds. The molecule has 1 unspecified atom stereocenters. The fraction of sp³-hybridized carbons (Fsp3) is 0.650. The largest absolute Gasteiger partial charge is 0.357 e. The van der Waals surface area contributed by atoms with Crippen LogP contribution in [0.1, 0.15) is 39.0 Å². The van der Waals surface area contributed by atoms with Crippen molar-refractivity contribution in [3.8, 4) is 0 Å². The van der Waals surface area contributed by atoms with Gasteiger partial charge in [-0.2, -0.15) is 0 Å². The Morgan fingerprint density at radius 1 is 1.11 bits per heavy atom. The summed E-state index contributed by atoms with van der Waals surface area (Å²) in [5.74, 6) is 1.41. The molecule has 1 aromatic rings. The first-order chi connectivity index (χ1) is 12.8. The van der Waals surface area contributed by atoms with Crippen LogP contribution in [0.2, 0.25) is 0 Å². The zero-order valence-electron chi connectivity index (χ0n) is 16.5. The van der Waals surface area contributed by atoms with Gasteiger partial charge in [-0.05, 0) is 58.0 Å². The van der Waals surface area contributed by atoms with Crippen LogP contribution in [0, 0.1) is 0 Å². The molecule has 0 bridgehead atoms. The van der Waals surface area contributed by atoms with E-state index in [4.69, 9.17) is 0 Å². The van der Waals surface area contributed by atoms with Gasteiger partial charge in [0.25, 0.3) is 0 Å². The third-order valence-corrected chi connectivity index (χ3v) is 5.90. The van der Waals surface area contributed by atoms with E-state index in [9.17, 15) is 4.21 Å². The van der Waals surface area contributed by atoms with Crippen molar-refractivity contribution in [2.24, 2.45) is 4.99 Å². The molecule has 2 N–H and O–H groups in total. The summed E-state index contributed by atoms with van der Waals surface area (Å²) in [5, 5.41) is 6.57. The van der Waals surface area contributed by atoms with Crippen molar-refractivity contribution in [1.29, 1.82) is 0 Å². The number of aliphatic imine (C=N–C) groups is 1. The predicted molar refractivity (Wildman–Crippen MR) is 127 cm³/mol. The van der Waals surface area contributed by atoms with Gasteiger partial charge in [0, 0.05) is 30.3 Å². The molecule has 1 fully saturated rings.